The fourth-order valence-electron chi connectivity index (χ4n) is 2.06. The third-order valence-corrected chi connectivity index (χ3v) is 4.22. The molecule has 100 valence electrons. The number of sulfone groups is 1. The van der Waals surface area contributed by atoms with E-state index in [0.29, 0.717) is 6.42 Å². The highest BCUT2D eigenvalue weighted by atomic mass is 32.2. The van der Waals surface area contributed by atoms with Gasteiger partial charge in [-0.3, -0.25) is 4.79 Å². The van der Waals surface area contributed by atoms with E-state index in [9.17, 15) is 13.2 Å². The van der Waals surface area contributed by atoms with E-state index in [-0.39, 0.29) is 17.7 Å². The lowest BCUT2D eigenvalue weighted by atomic mass is 9.97. The van der Waals surface area contributed by atoms with Crippen molar-refractivity contribution in [1.29, 1.82) is 0 Å². The van der Waals surface area contributed by atoms with Crippen molar-refractivity contribution in [1.82, 2.24) is 5.32 Å². The maximum absolute atomic E-state index is 11.9. The molecular weight excluding hydrogens is 240 g/mol. The normalized spacial score (nSPS) is 21.1. The van der Waals surface area contributed by atoms with Gasteiger partial charge in [0.25, 0.3) is 0 Å². The van der Waals surface area contributed by atoms with E-state index in [2.05, 4.69) is 5.32 Å². The number of carbonyl (C=O) groups excluding carboxylic acids is 1. The average Bonchev–Trinajstić information content (AvgIpc) is 2.62. The van der Waals surface area contributed by atoms with Crippen LogP contribution in [0.4, 0.5) is 0 Å². The molecular formula is C11H22N2O3S. The van der Waals surface area contributed by atoms with Crippen LogP contribution in [-0.4, -0.2) is 37.9 Å². The van der Waals surface area contributed by atoms with E-state index < -0.39 is 15.4 Å². The zero-order chi connectivity index (χ0) is 13.1. The van der Waals surface area contributed by atoms with Crippen molar-refractivity contribution in [2.45, 2.75) is 50.6 Å². The number of nitrogens with two attached hydrogens (primary N) is 1. The van der Waals surface area contributed by atoms with Gasteiger partial charge in [-0.2, -0.15) is 0 Å². The second kappa shape index (κ2) is 5.35. The van der Waals surface area contributed by atoms with Crippen LogP contribution >= 0.6 is 0 Å². The lowest BCUT2D eigenvalue weighted by Crippen LogP contribution is -2.54. The molecule has 1 fully saturated rings. The van der Waals surface area contributed by atoms with Crippen molar-refractivity contribution < 1.29 is 13.2 Å². The first-order chi connectivity index (χ1) is 7.73. The Bertz CT molecular complexity index is 372. The first-order valence-electron chi connectivity index (χ1n) is 6.00. The molecule has 1 saturated carbocycles. The summed E-state index contributed by atoms with van der Waals surface area (Å²) in [6.07, 6.45) is 5.04. The van der Waals surface area contributed by atoms with Crippen LogP contribution in [0.2, 0.25) is 0 Å². The van der Waals surface area contributed by atoms with E-state index in [4.69, 9.17) is 5.73 Å². The second-order valence-corrected chi connectivity index (χ2v) is 7.42. The molecule has 1 atom stereocenters. The van der Waals surface area contributed by atoms with Crippen LogP contribution in [0.5, 0.6) is 0 Å². The van der Waals surface area contributed by atoms with Crippen LogP contribution in [0.25, 0.3) is 0 Å². The zero-order valence-electron chi connectivity index (χ0n) is 10.5. The monoisotopic (exact) mass is 262 g/mol. The molecule has 17 heavy (non-hydrogen) atoms. The zero-order valence-corrected chi connectivity index (χ0v) is 11.3. The lowest BCUT2D eigenvalue weighted by Gasteiger charge is -2.25. The van der Waals surface area contributed by atoms with Crippen molar-refractivity contribution in [2.75, 3.05) is 12.0 Å². The molecule has 1 unspecified atom stereocenters. The van der Waals surface area contributed by atoms with Gasteiger partial charge >= 0.3 is 0 Å². The van der Waals surface area contributed by atoms with Gasteiger partial charge < -0.3 is 11.1 Å². The Labute approximate surface area is 103 Å². The summed E-state index contributed by atoms with van der Waals surface area (Å²) in [5.74, 6) is -0.0533. The molecule has 0 aromatic heterocycles. The summed E-state index contributed by atoms with van der Waals surface area (Å²) in [6.45, 7) is 1.81. The number of amides is 1. The average molecular weight is 262 g/mol. The number of nitrogens with one attached hydrogen (secondary N) is 1. The topological polar surface area (TPSA) is 89.3 Å². The Kier molecular flexibility index (Phi) is 4.55. The highest BCUT2D eigenvalue weighted by Gasteiger charge is 2.37. The van der Waals surface area contributed by atoms with Crippen LogP contribution in [0.1, 0.15) is 39.0 Å². The first-order valence-corrected chi connectivity index (χ1v) is 8.06. The van der Waals surface area contributed by atoms with Gasteiger partial charge in [0, 0.05) is 12.3 Å². The Morgan fingerprint density at radius 3 is 2.41 bits per heavy atom. The van der Waals surface area contributed by atoms with Gasteiger partial charge in [-0.05, 0) is 26.2 Å². The molecule has 0 spiro atoms. The minimum atomic E-state index is -2.97. The Morgan fingerprint density at radius 2 is 1.94 bits per heavy atom. The van der Waals surface area contributed by atoms with Crippen molar-refractivity contribution in [3.05, 3.63) is 0 Å². The summed E-state index contributed by atoms with van der Waals surface area (Å²) in [4.78, 5) is 11.9. The molecule has 3 N–H and O–H groups in total. The summed E-state index contributed by atoms with van der Waals surface area (Å²) >= 11 is 0. The molecule has 0 radical (unpaired) electrons. The van der Waals surface area contributed by atoms with Gasteiger partial charge in [0.2, 0.25) is 5.91 Å². The maximum Gasteiger partial charge on any atom is 0.240 e. The van der Waals surface area contributed by atoms with Gasteiger partial charge in [-0.25, -0.2) is 8.42 Å². The molecule has 1 rings (SSSR count). The first kappa shape index (κ1) is 14.4. The van der Waals surface area contributed by atoms with Gasteiger partial charge in [0.1, 0.15) is 9.84 Å². The minimum absolute atomic E-state index is 0.0893. The molecule has 1 amide bonds. The Morgan fingerprint density at radius 1 is 1.41 bits per heavy atom. The highest BCUT2D eigenvalue weighted by Crippen LogP contribution is 2.27. The molecule has 0 saturated heterocycles. The predicted octanol–water partition coefficient (Wildman–Crippen LogP) is 0.197. The van der Waals surface area contributed by atoms with Crippen molar-refractivity contribution >= 4 is 15.7 Å². The Balaban J connectivity index is 2.40. The molecule has 1 aliphatic carbocycles. The van der Waals surface area contributed by atoms with Gasteiger partial charge in [-0.15, -0.1) is 0 Å². The molecule has 0 bridgehead atoms. The fourth-order valence-corrected chi connectivity index (χ4v) is 2.85. The molecule has 0 aromatic carbocycles. The highest BCUT2D eigenvalue weighted by molar-refractivity contribution is 7.90. The lowest BCUT2D eigenvalue weighted by molar-refractivity contribution is -0.126. The SMILES string of the molecule is CC(CCS(C)(=O)=O)NC(=O)C1(N)CCCC1. The maximum atomic E-state index is 11.9. The van der Waals surface area contributed by atoms with E-state index in [1.807, 2.05) is 0 Å². The number of carbonyl (C=O) groups is 1. The fraction of sp³-hybridized carbons (Fsp3) is 0.909. The van der Waals surface area contributed by atoms with Crippen LogP contribution < -0.4 is 11.1 Å². The molecule has 1 aliphatic rings. The third kappa shape index (κ3) is 4.63. The number of hydrogen-bond donors (Lipinski definition) is 2. The number of rotatable bonds is 5. The summed E-state index contributed by atoms with van der Waals surface area (Å²) < 4.78 is 22.0. The summed E-state index contributed by atoms with van der Waals surface area (Å²) in [5, 5.41) is 2.81. The minimum Gasteiger partial charge on any atom is -0.352 e. The van der Waals surface area contributed by atoms with Gasteiger partial charge in [0.15, 0.2) is 0 Å². The predicted molar refractivity (Wildman–Crippen MR) is 67.3 cm³/mol. The van der Waals surface area contributed by atoms with Gasteiger partial charge in [0.05, 0.1) is 11.3 Å². The molecule has 0 heterocycles. The van der Waals surface area contributed by atoms with E-state index >= 15 is 0 Å². The smallest absolute Gasteiger partial charge is 0.240 e. The largest absolute Gasteiger partial charge is 0.352 e. The number of hydrogen-bond acceptors (Lipinski definition) is 4. The van der Waals surface area contributed by atoms with Crippen LogP contribution in [0, 0.1) is 0 Å². The molecule has 0 aromatic rings. The van der Waals surface area contributed by atoms with Crippen molar-refractivity contribution in [3.8, 4) is 0 Å². The van der Waals surface area contributed by atoms with E-state index in [0.717, 1.165) is 25.7 Å². The summed E-state index contributed by atoms with van der Waals surface area (Å²) in [6, 6.07) is -0.154. The van der Waals surface area contributed by atoms with E-state index in [1.165, 1.54) is 6.26 Å². The van der Waals surface area contributed by atoms with Crippen LogP contribution in [-0.2, 0) is 14.6 Å². The quantitative estimate of drug-likeness (QED) is 0.740. The van der Waals surface area contributed by atoms with Gasteiger partial charge in [-0.1, -0.05) is 12.8 Å². The van der Waals surface area contributed by atoms with Crippen molar-refractivity contribution in [2.24, 2.45) is 5.73 Å². The van der Waals surface area contributed by atoms with Crippen molar-refractivity contribution in [3.63, 3.8) is 0 Å². The second-order valence-electron chi connectivity index (χ2n) is 5.16. The van der Waals surface area contributed by atoms with Crippen LogP contribution in [0.15, 0.2) is 0 Å². The molecule has 0 aliphatic heterocycles. The Hall–Kier alpha value is -0.620. The summed E-state index contributed by atoms with van der Waals surface area (Å²) in [5.41, 5.74) is 5.27. The molecule has 5 nitrogen and oxygen atoms in total. The third-order valence-electron chi connectivity index (χ3n) is 3.25. The van der Waals surface area contributed by atoms with E-state index in [1.54, 1.807) is 6.92 Å². The van der Waals surface area contributed by atoms with Crippen LogP contribution in [0.3, 0.4) is 0 Å². The molecule has 6 heteroatoms. The standard InChI is InChI=1S/C11H22N2O3S/c1-9(5-8-17(2,15)16)13-10(14)11(12)6-3-4-7-11/h9H,3-8,12H2,1-2H3,(H,13,14). The summed E-state index contributed by atoms with van der Waals surface area (Å²) in [7, 11) is -2.97.